The van der Waals surface area contributed by atoms with Crippen LogP contribution in [0.4, 0.5) is 4.39 Å². The molecule has 0 aliphatic carbocycles. The van der Waals surface area contributed by atoms with Crippen LogP contribution >= 0.6 is 34.8 Å². The van der Waals surface area contributed by atoms with Gasteiger partial charge in [0, 0.05) is 11.1 Å². The maximum atomic E-state index is 13.0. The fourth-order valence-electron chi connectivity index (χ4n) is 1.68. The van der Waals surface area contributed by atoms with Gasteiger partial charge >= 0.3 is 0 Å². The number of benzene rings is 1. The molecule has 100 valence electrons. The molecule has 0 bridgehead atoms. The SMILES string of the molecule is CCCc1c(Cl)nc(-c2ccc(F)cc2Cl)nc1Cl. The second-order valence-corrected chi connectivity index (χ2v) is 5.10. The van der Waals surface area contributed by atoms with E-state index in [9.17, 15) is 4.39 Å². The van der Waals surface area contributed by atoms with Crippen molar-refractivity contribution in [2.45, 2.75) is 19.8 Å². The molecule has 0 amide bonds. The van der Waals surface area contributed by atoms with E-state index in [0.717, 1.165) is 6.42 Å². The van der Waals surface area contributed by atoms with Crippen LogP contribution in [-0.2, 0) is 6.42 Å². The van der Waals surface area contributed by atoms with Crippen molar-refractivity contribution in [3.63, 3.8) is 0 Å². The maximum Gasteiger partial charge on any atom is 0.164 e. The largest absolute Gasteiger partial charge is 0.216 e. The Morgan fingerprint density at radius 2 is 1.74 bits per heavy atom. The smallest absolute Gasteiger partial charge is 0.164 e. The van der Waals surface area contributed by atoms with Crippen molar-refractivity contribution in [1.29, 1.82) is 0 Å². The van der Waals surface area contributed by atoms with Gasteiger partial charge in [-0.15, -0.1) is 0 Å². The summed E-state index contributed by atoms with van der Waals surface area (Å²) in [5.74, 6) is -0.131. The molecule has 0 aliphatic rings. The van der Waals surface area contributed by atoms with Gasteiger partial charge < -0.3 is 0 Å². The Kier molecular flexibility index (Phi) is 4.61. The van der Waals surface area contributed by atoms with Crippen molar-refractivity contribution in [3.05, 3.63) is 44.9 Å². The van der Waals surface area contributed by atoms with Gasteiger partial charge in [0.1, 0.15) is 16.1 Å². The fraction of sp³-hybridized carbons (Fsp3) is 0.231. The number of hydrogen-bond acceptors (Lipinski definition) is 2. The lowest BCUT2D eigenvalue weighted by atomic mass is 10.2. The van der Waals surface area contributed by atoms with Crippen molar-refractivity contribution < 1.29 is 4.39 Å². The molecule has 1 aromatic carbocycles. The molecule has 0 N–H and O–H groups in total. The summed E-state index contributed by atoms with van der Waals surface area (Å²) in [6.07, 6.45) is 1.59. The van der Waals surface area contributed by atoms with Gasteiger partial charge in [-0.1, -0.05) is 48.1 Å². The van der Waals surface area contributed by atoms with E-state index in [2.05, 4.69) is 9.97 Å². The minimum atomic E-state index is -0.423. The standard InChI is InChI=1S/C13H10Cl3FN2/c1-2-3-9-11(15)18-13(19-12(9)16)8-5-4-7(17)6-10(8)14/h4-6H,2-3H2,1H3. The van der Waals surface area contributed by atoms with E-state index < -0.39 is 5.82 Å². The van der Waals surface area contributed by atoms with Crippen molar-refractivity contribution in [2.75, 3.05) is 0 Å². The highest BCUT2D eigenvalue weighted by molar-refractivity contribution is 6.35. The molecular weight excluding hydrogens is 310 g/mol. The van der Waals surface area contributed by atoms with E-state index in [1.807, 2.05) is 6.92 Å². The predicted molar refractivity (Wildman–Crippen MR) is 76.5 cm³/mol. The van der Waals surface area contributed by atoms with Gasteiger partial charge in [-0.2, -0.15) is 0 Å². The molecule has 2 nitrogen and oxygen atoms in total. The van der Waals surface area contributed by atoms with Gasteiger partial charge in [-0.3, -0.25) is 0 Å². The van der Waals surface area contributed by atoms with Crippen LogP contribution in [0, 0.1) is 5.82 Å². The molecule has 1 aromatic heterocycles. The van der Waals surface area contributed by atoms with Gasteiger partial charge in [0.25, 0.3) is 0 Å². The van der Waals surface area contributed by atoms with Gasteiger partial charge in [0.2, 0.25) is 0 Å². The summed E-state index contributed by atoms with van der Waals surface area (Å²) < 4.78 is 13.0. The Morgan fingerprint density at radius 1 is 1.11 bits per heavy atom. The number of nitrogens with zero attached hydrogens (tertiary/aromatic N) is 2. The zero-order chi connectivity index (χ0) is 14.0. The summed E-state index contributed by atoms with van der Waals surface area (Å²) >= 11 is 18.2. The normalized spacial score (nSPS) is 10.8. The monoisotopic (exact) mass is 318 g/mol. The van der Waals surface area contributed by atoms with Crippen LogP contribution in [0.1, 0.15) is 18.9 Å². The first-order valence-corrected chi connectivity index (χ1v) is 6.83. The van der Waals surface area contributed by atoms with Gasteiger partial charge in [-0.25, -0.2) is 14.4 Å². The minimum Gasteiger partial charge on any atom is -0.216 e. The average Bonchev–Trinajstić information content (AvgIpc) is 2.33. The van der Waals surface area contributed by atoms with E-state index in [-0.39, 0.29) is 5.02 Å². The van der Waals surface area contributed by atoms with Crippen LogP contribution in [-0.4, -0.2) is 9.97 Å². The third-order valence-corrected chi connectivity index (χ3v) is 3.52. The lowest BCUT2D eigenvalue weighted by molar-refractivity contribution is 0.628. The number of halogens is 4. The highest BCUT2D eigenvalue weighted by Crippen LogP contribution is 2.30. The van der Waals surface area contributed by atoms with Crippen molar-refractivity contribution >= 4 is 34.8 Å². The molecule has 6 heteroatoms. The molecule has 0 unspecified atom stereocenters. The van der Waals surface area contributed by atoms with E-state index >= 15 is 0 Å². The topological polar surface area (TPSA) is 25.8 Å². The third kappa shape index (κ3) is 3.16. The van der Waals surface area contributed by atoms with Crippen LogP contribution in [0.25, 0.3) is 11.4 Å². The molecule has 0 radical (unpaired) electrons. The summed E-state index contributed by atoms with van der Waals surface area (Å²) in [7, 11) is 0. The van der Waals surface area contributed by atoms with Crippen LogP contribution < -0.4 is 0 Å². The Morgan fingerprint density at radius 3 is 2.26 bits per heavy atom. The van der Waals surface area contributed by atoms with Gasteiger partial charge in [0.05, 0.1) is 5.02 Å². The molecule has 2 aromatic rings. The summed E-state index contributed by atoms with van der Waals surface area (Å²) in [6.45, 7) is 2.01. The summed E-state index contributed by atoms with van der Waals surface area (Å²) in [5, 5.41) is 0.824. The molecule has 0 spiro atoms. The molecule has 0 atom stereocenters. The summed E-state index contributed by atoms with van der Waals surface area (Å²) in [5.41, 5.74) is 1.21. The van der Waals surface area contributed by atoms with E-state index in [1.54, 1.807) is 0 Å². The Bertz CT molecular complexity index is 594. The van der Waals surface area contributed by atoms with Crippen LogP contribution in [0.15, 0.2) is 18.2 Å². The highest BCUT2D eigenvalue weighted by Gasteiger charge is 2.14. The zero-order valence-corrected chi connectivity index (χ0v) is 12.3. The Balaban J connectivity index is 2.52. The number of hydrogen-bond donors (Lipinski definition) is 0. The van der Waals surface area contributed by atoms with Crippen LogP contribution in [0.3, 0.4) is 0 Å². The lowest BCUT2D eigenvalue weighted by Gasteiger charge is -2.08. The molecule has 19 heavy (non-hydrogen) atoms. The van der Waals surface area contributed by atoms with Crippen LogP contribution in [0.2, 0.25) is 15.3 Å². The first-order valence-electron chi connectivity index (χ1n) is 5.70. The molecule has 0 fully saturated rings. The molecule has 0 saturated carbocycles. The fourth-order valence-corrected chi connectivity index (χ4v) is 2.51. The summed E-state index contributed by atoms with van der Waals surface area (Å²) in [4.78, 5) is 8.35. The van der Waals surface area contributed by atoms with Crippen LogP contribution in [0.5, 0.6) is 0 Å². The minimum absolute atomic E-state index is 0.218. The first kappa shape index (κ1) is 14.5. The second kappa shape index (κ2) is 6.04. The maximum absolute atomic E-state index is 13.0. The van der Waals surface area contributed by atoms with Crippen molar-refractivity contribution in [2.24, 2.45) is 0 Å². The Labute approximate surface area is 125 Å². The first-order chi connectivity index (χ1) is 9.02. The highest BCUT2D eigenvalue weighted by atomic mass is 35.5. The molecule has 0 aliphatic heterocycles. The summed E-state index contributed by atoms with van der Waals surface area (Å²) in [6, 6.07) is 3.98. The third-order valence-electron chi connectivity index (χ3n) is 2.58. The average molecular weight is 320 g/mol. The van der Waals surface area contributed by atoms with Gasteiger partial charge in [0.15, 0.2) is 5.82 Å². The predicted octanol–water partition coefficient (Wildman–Crippen LogP) is 5.20. The molecule has 0 saturated heterocycles. The molecule has 2 rings (SSSR count). The van der Waals surface area contributed by atoms with Crippen molar-refractivity contribution in [1.82, 2.24) is 9.97 Å². The van der Waals surface area contributed by atoms with E-state index in [1.165, 1.54) is 18.2 Å². The Hall–Kier alpha value is -0.900. The zero-order valence-electron chi connectivity index (χ0n) is 10.1. The lowest BCUT2D eigenvalue weighted by Crippen LogP contribution is -1.98. The van der Waals surface area contributed by atoms with Gasteiger partial charge in [-0.05, 0) is 24.6 Å². The van der Waals surface area contributed by atoms with E-state index in [4.69, 9.17) is 34.8 Å². The quantitative estimate of drug-likeness (QED) is 0.727. The molecule has 1 heterocycles. The number of rotatable bonds is 3. The molecular formula is C13H10Cl3FN2. The second-order valence-electron chi connectivity index (χ2n) is 3.98. The number of aromatic nitrogens is 2. The van der Waals surface area contributed by atoms with E-state index in [0.29, 0.717) is 33.7 Å². The van der Waals surface area contributed by atoms with Crippen molar-refractivity contribution in [3.8, 4) is 11.4 Å².